The van der Waals surface area contributed by atoms with E-state index >= 15 is 0 Å². The van der Waals surface area contributed by atoms with E-state index in [-0.39, 0.29) is 27.3 Å². The Balaban J connectivity index is 0.000000187. The summed E-state index contributed by atoms with van der Waals surface area (Å²) >= 11 is 0. The molecule has 0 saturated carbocycles. The molecule has 0 heterocycles. The third-order valence-electron chi connectivity index (χ3n) is 3.76. The molecule has 0 aliphatic rings. The van der Waals surface area contributed by atoms with Gasteiger partial charge in [0.15, 0.2) is 0 Å². The summed E-state index contributed by atoms with van der Waals surface area (Å²) in [5, 5.41) is 29.6. The van der Waals surface area contributed by atoms with Crippen LogP contribution in [0.3, 0.4) is 0 Å². The second-order valence-electron chi connectivity index (χ2n) is 5.34. The molecule has 2 N–H and O–H groups in total. The van der Waals surface area contributed by atoms with Crippen LogP contribution in [0, 0.1) is 17.0 Å². The van der Waals surface area contributed by atoms with Crippen LogP contribution in [0.1, 0.15) is 26.3 Å². The summed E-state index contributed by atoms with van der Waals surface area (Å²) in [4.78, 5) is 31.5. The van der Waals surface area contributed by atoms with Gasteiger partial charge in [0.25, 0.3) is 5.69 Å². The summed E-state index contributed by atoms with van der Waals surface area (Å²) in [6, 6.07) is 16.5. The van der Waals surface area contributed by atoms with E-state index in [0.717, 1.165) is 5.39 Å². The van der Waals surface area contributed by atoms with Crippen molar-refractivity contribution in [2.45, 2.75) is 6.92 Å². The van der Waals surface area contributed by atoms with Crippen molar-refractivity contribution in [2.24, 2.45) is 0 Å². The average Bonchev–Trinajstić information content (AvgIpc) is 2.61. The molecule has 26 heavy (non-hydrogen) atoms. The number of aromatic carboxylic acids is 2. The highest BCUT2D eigenvalue weighted by Crippen LogP contribution is 2.24. The first-order chi connectivity index (χ1) is 12.3. The lowest BCUT2D eigenvalue weighted by molar-refractivity contribution is -0.383. The van der Waals surface area contributed by atoms with Gasteiger partial charge in [0.2, 0.25) is 0 Å². The van der Waals surface area contributed by atoms with Gasteiger partial charge in [-0.15, -0.1) is 0 Å². The van der Waals surface area contributed by atoms with E-state index in [1.807, 2.05) is 18.2 Å². The fraction of sp³-hybridized carbons (Fsp3) is 0.0526. The van der Waals surface area contributed by atoms with E-state index in [1.165, 1.54) is 31.2 Å². The second kappa shape index (κ2) is 7.89. The lowest BCUT2D eigenvalue weighted by atomic mass is 10.0. The zero-order valence-corrected chi connectivity index (χ0v) is 13.7. The summed E-state index contributed by atoms with van der Waals surface area (Å²) in [5.41, 5.74) is 0.500. The largest absolute Gasteiger partial charge is 0.478 e. The number of carboxylic acid groups (broad SMARTS) is 2. The van der Waals surface area contributed by atoms with Crippen molar-refractivity contribution >= 4 is 28.4 Å². The van der Waals surface area contributed by atoms with Gasteiger partial charge in [-0.1, -0.05) is 36.4 Å². The van der Waals surface area contributed by atoms with Crippen LogP contribution in [-0.2, 0) is 0 Å². The number of carboxylic acids is 2. The van der Waals surface area contributed by atoms with Crippen molar-refractivity contribution in [1.82, 2.24) is 0 Å². The molecule has 0 atom stereocenters. The summed E-state index contributed by atoms with van der Waals surface area (Å²) < 4.78 is 0. The van der Waals surface area contributed by atoms with Crippen molar-refractivity contribution in [1.29, 1.82) is 0 Å². The minimum Gasteiger partial charge on any atom is -0.478 e. The molecule has 132 valence electrons. The van der Waals surface area contributed by atoms with Crippen molar-refractivity contribution in [3.8, 4) is 0 Å². The van der Waals surface area contributed by atoms with Crippen LogP contribution < -0.4 is 0 Å². The van der Waals surface area contributed by atoms with Gasteiger partial charge in [-0.3, -0.25) is 10.1 Å². The summed E-state index contributed by atoms with van der Waals surface area (Å²) in [7, 11) is 0. The fourth-order valence-electron chi connectivity index (χ4n) is 2.47. The highest BCUT2D eigenvalue weighted by atomic mass is 16.6. The van der Waals surface area contributed by atoms with E-state index in [1.54, 1.807) is 18.2 Å². The highest BCUT2D eigenvalue weighted by Gasteiger charge is 2.13. The topological polar surface area (TPSA) is 118 Å². The van der Waals surface area contributed by atoms with Gasteiger partial charge in [-0.25, -0.2) is 9.59 Å². The Morgan fingerprint density at radius 1 is 0.846 bits per heavy atom. The number of benzene rings is 3. The number of nitro groups is 1. The number of non-ortho nitro benzene ring substituents is 1. The van der Waals surface area contributed by atoms with Crippen LogP contribution in [0.15, 0.2) is 60.7 Å². The molecule has 0 amide bonds. The number of fused-ring (bicyclic) bond motifs is 1. The van der Waals surface area contributed by atoms with Gasteiger partial charge in [0, 0.05) is 6.07 Å². The maximum Gasteiger partial charge on any atom is 0.335 e. The predicted molar refractivity (Wildman–Crippen MR) is 95.7 cm³/mol. The lowest BCUT2D eigenvalue weighted by Crippen LogP contribution is -2.06. The molecule has 7 nitrogen and oxygen atoms in total. The van der Waals surface area contributed by atoms with Crippen LogP contribution in [0.5, 0.6) is 0 Å². The SMILES string of the molecule is Cc1c(C(=O)O)cccc1C(=O)O.O=[N+]([O-])c1cccc2ccccc12. The Morgan fingerprint density at radius 3 is 1.88 bits per heavy atom. The molecule has 3 aromatic carbocycles. The van der Waals surface area contributed by atoms with Crippen molar-refractivity contribution in [2.75, 3.05) is 0 Å². The smallest absolute Gasteiger partial charge is 0.335 e. The summed E-state index contributed by atoms with van der Waals surface area (Å²) in [6.45, 7) is 1.48. The Hall–Kier alpha value is -3.74. The zero-order chi connectivity index (χ0) is 19.3. The normalized spacial score (nSPS) is 9.88. The van der Waals surface area contributed by atoms with E-state index in [2.05, 4.69) is 0 Å². The number of rotatable bonds is 3. The summed E-state index contributed by atoms with van der Waals surface area (Å²) in [6.07, 6.45) is 0. The third-order valence-corrected chi connectivity index (χ3v) is 3.76. The van der Waals surface area contributed by atoms with Crippen LogP contribution in [0.25, 0.3) is 10.8 Å². The molecule has 0 radical (unpaired) electrons. The first-order valence-corrected chi connectivity index (χ1v) is 7.51. The molecule has 7 heteroatoms. The Bertz CT molecular complexity index is 959. The van der Waals surface area contributed by atoms with E-state index in [4.69, 9.17) is 10.2 Å². The van der Waals surface area contributed by atoms with Crippen LogP contribution in [0.4, 0.5) is 5.69 Å². The van der Waals surface area contributed by atoms with E-state index in [9.17, 15) is 19.7 Å². The standard InChI is InChI=1S/C10H7NO2.C9H8O4/c12-11(13)10-7-3-5-8-4-1-2-6-9(8)10;1-5-6(8(10)11)3-2-4-7(5)9(12)13/h1-7H;2-4H,1H3,(H,10,11)(H,12,13). The molecule has 3 rings (SSSR count). The minimum absolute atomic E-state index is 0.0277. The molecule has 0 aromatic heterocycles. The Morgan fingerprint density at radius 2 is 1.35 bits per heavy atom. The van der Waals surface area contributed by atoms with Crippen LogP contribution >= 0.6 is 0 Å². The number of carbonyl (C=O) groups is 2. The zero-order valence-electron chi connectivity index (χ0n) is 13.7. The number of nitrogens with zero attached hydrogens (tertiary/aromatic N) is 1. The Kier molecular flexibility index (Phi) is 5.64. The van der Waals surface area contributed by atoms with Crippen molar-refractivity contribution in [3.05, 3.63) is 87.5 Å². The lowest BCUT2D eigenvalue weighted by Gasteiger charge is -2.03. The first-order valence-electron chi connectivity index (χ1n) is 7.51. The molecule has 0 fully saturated rings. The molecule has 0 saturated heterocycles. The van der Waals surface area contributed by atoms with Gasteiger partial charge < -0.3 is 10.2 Å². The molecule has 0 unspecified atom stereocenters. The molecule has 0 spiro atoms. The molecular weight excluding hydrogens is 338 g/mol. The van der Waals surface area contributed by atoms with Gasteiger partial charge >= 0.3 is 11.9 Å². The van der Waals surface area contributed by atoms with Crippen molar-refractivity contribution in [3.63, 3.8) is 0 Å². The van der Waals surface area contributed by atoms with Gasteiger partial charge in [-0.05, 0) is 36.1 Å². The van der Waals surface area contributed by atoms with Crippen LogP contribution in [0.2, 0.25) is 0 Å². The third kappa shape index (κ3) is 4.02. The number of hydrogen-bond donors (Lipinski definition) is 2. The van der Waals surface area contributed by atoms with Gasteiger partial charge in [0.1, 0.15) is 0 Å². The first kappa shape index (κ1) is 18.6. The molecule has 0 bridgehead atoms. The fourth-order valence-corrected chi connectivity index (χ4v) is 2.47. The monoisotopic (exact) mass is 353 g/mol. The predicted octanol–water partition coefficient (Wildman–Crippen LogP) is 4.14. The van der Waals surface area contributed by atoms with E-state index < -0.39 is 11.9 Å². The Labute approximate surface area is 148 Å². The quantitative estimate of drug-likeness (QED) is 0.540. The van der Waals surface area contributed by atoms with Crippen LogP contribution in [-0.4, -0.2) is 27.1 Å². The minimum atomic E-state index is -1.11. The number of hydrogen-bond acceptors (Lipinski definition) is 4. The average molecular weight is 353 g/mol. The molecule has 0 aliphatic carbocycles. The summed E-state index contributed by atoms with van der Waals surface area (Å²) in [5.74, 6) is -2.22. The second-order valence-corrected chi connectivity index (χ2v) is 5.34. The van der Waals surface area contributed by atoms with Gasteiger partial charge in [-0.2, -0.15) is 0 Å². The highest BCUT2D eigenvalue weighted by molar-refractivity contribution is 5.96. The maximum absolute atomic E-state index is 10.6. The molecule has 0 aliphatic heterocycles. The number of nitro benzene ring substituents is 1. The van der Waals surface area contributed by atoms with E-state index in [0.29, 0.717) is 5.39 Å². The van der Waals surface area contributed by atoms with Crippen molar-refractivity contribution < 1.29 is 24.7 Å². The molecule has 3 aromatic rings. The van der Waals surface area contributed by atoms with Gasteiger partial charge in [0.05, 0.1) is 21.4 Å². The maximum atomic E-state index is 10.6. The molecular formula is C19H15NO6.